The van der Waals surface area contributed by atoms with Crippen molar-refractivity contribution in [2.24, 2.45) is 5.73 Å². The summed E-state index contributed by atoms with van der Waals surface area (Å²) >= 11 is 3.53. The lowest BCUT2D eigenvalue weighted by Gasteiger charge is -2.11. The van der Waals surface area contributed by atoms with Crippen molar-refractivity contribution in [1.82, 2.24) is 10.2 Å². The number of aromatic amines is 1. The average Bonchev–Trinajstić information content (AvgIpc) is 2.69. The van der Waals surface area contributed by atoms with E-state index in [1.807, 2.05) is 6.92 Å². The summed E-state index contributed by atoms with van der Waals surface area (Å²) in [6.45, 7) is 4.50. The molecule has 5 heteroatoms. The fraction of sp³-hybridized carbons (Fsp3) is 0.308. The molecule has 1 aromatic carbocycles. The normalized spacial score (nSPS) is 10.7. The molecule has 4 nitrogen and oxygen atoms in total. The van der Waals surface area contributed by atoms with Gasteiger partial charge in [0, 0.05) is 12.1 Å². The molecule has 0 atom stereocenters. The maximum atomic E-state index is 5.64. The molecule has 18 heavy (non-hydrogen) atoms. The molecule has 0 aliphatic carbocycles. The number of H-pyrrole nitrogens is 1. The third-order valence-corrected chi connectivity index (χ3v) is 3.71. The van der Waals surface area contributed by atoms with E-state index in [1.165, 1.54) is 5.56 Å². The molecule has 0 aliphatic heterocycles. The Morgan fingerprint density at radius 2 is 2.11 bits per heavy atom. The van der Waals surface area contributed by atoms with Crippen molar-refractivity contribution < 1.29 is 4.74 Å². The Kier molecular flexibility index (Phi) is 3.73. The van der Waals surface area contributed by atoms with Crippen molar-refractivity contribution in [3.63, 3.8) is 0 Å². The van der Waals surface area contributed by atoms with Crippen LogP contribution >= 0.6 is 15.9 Å². The molecule has 0 bridgehead atoms. The third-order valence-electron chi connectivity index (χ3n) is 2.86. The molecule has 0 spiro atoms. The van der Waals surface area contributed by atoms with Crippen molar-refractivity contribution in [2.75, 3.05) is 7.11 Å². The van der Waals surface area contributed by atoms with Gasteiger partial charge in [0.2, 0.25) is 0 Å². The van der Waals surface area contributed by atoms with Crippen LogP contribution in [-0.4, -0.2) is 17.3 Å². The highest BCUT2D eigenvalue weighted by molar-refractivity contribution is 9.10. The zero-order valence-corrected chi connectivity index (χ0v) is 12.3. The molecular formula is C13H16BrN3O. The quantitative estimate of drug-likeness (QED) is 0.916. The van der Waals surface area contributed by atoms with Crippen molar-refractivity contribution in [1.29, 1.82) is 0 Å². The predicted molar refractivity (Wildman–Crippen MR) is 75.6 cm³/mol. The zero-order chi connectivity index (χ0) is 13.3. The van der Waals surface area contributed by atoms with Crippen LogP contribution < -0.4 is 10.5 Å². The molecule has 0 fully saturated rings. The van der Waals surface area contributed by atoms with Gasteiger partial charge in [-0.05, 0) is 47.0 Å². The standard InChI is InChI=1S/C13H16BrN3O/c1-7-4-8(2)13(18-3)9(5-7)12-11(14)10(6-15)16-17-12/h4-5H,6,15H2,1-3H3,(H,16,17). The van der Waals surface area contributed by atoms with Crippen LogP contribution in [-0.2, 0) is 6.54 Å². The van der Waals surface area contributed by atoms with Gasteiger partial charge in [-0.2, -0.15) is 5.10 Å². The summed E-state index contributed by atoms with van der Waals surface area (Å²) in [7, 11) is 1.67. The fourth-order valence-corrected chi connectivity index (χ4v) is 2.63. The molecule has 0 saturated carbocycles. The van der Waals surface area contributed by atoms with E-state index in [0.717, 1.165) is 32.7 Å². The topological polar surface area (TPSA) is 63.9 Å². The van der Waals surface area contributed by atoms with Crippen molar-refractivity contribution in [3.8, 4) is 17.0 Å². The van der Waals surface area contributed by atoms with Crippen molar-refractivity contribution in [2.45, 2.75) is 20.4 Å². The Hall–Kier alpha value is -1.33. The SMILES string of the molecule is COc1c(C)cc(C)cc1-c1n[nH]c(CN)c1Br. The van der Waals surface area contributed by atoms with Gasteiger partial charge in [0.05, 0.1) is 17.3 Å². The van der Waals surface area contributed by atoms with Gasteiger partial charge in [-0.25, -0.2) is 0 Å². The Morgan fingerprint density at radius 3 is 2.67 bits per heavy atom. The van der Waals surface area contributed by atoms with Crippen LogP contribution in [0.25, 0.3) is 11.3 Å². The molecular weight excluding hydrogens is 294 g/mol. The zero-order valence-electron chi connectivity index (χ0n) is 10.7. The number of nitrogens with zero attached hydrogens (tertiary/aromatic N) is 1. The number of rotatable bonds is 3. The van der Waals surface area contributed by atoms with Gasteiger partial charge >= 0.3 is 0 Å². The second-order valence-corrected chi connectivity index (χ2v) is 5.02. The molecule has 3 N–H and O–H groups in total. The lowest BCUT2D eigenvalue weighted by atomic mass is 10.0. The molecule has 2 rings (SSSR count). The number of hydrogen-bond acceptors (Lipinski definition) is 3. The van der Waals surface area contributed by atoms with E-state index in [9.17, 15) is 0 Å². The summed E-state index contributed by atoms with van der Waals surface area (Å²) in [5.41, 5.74) is 10.6. The number of aryl methyl sites for hydroxylation is 2. The van der Waals surface area contributed by atoms with Gasteiger partial charge in [-0.1, -0.05) is 6.07 Å². The molecule has 0 amide bonds. The maximum absolute atomic E-state index is 5.64. The van der Waals surface area contributed by atoms with Gasteiger partial charge in [-0.15, -0.1) is 0 Å². The van der Waals surface area contributed by atoms with Gasteiger partial charge in [-0.3, -0.25) is 5.10 Å². The number of nitrogens with one attached hydrogen (secondary N) is 1. The van der Waals surface area contributed by atoms with Gasteiger partial charge in [0.25, 0.3) is 0 Å². The van der Waals surface area contributed by atoms with E-state index in [2.05, 4.69) is 45.2 Å². The minimum atomic E-state index is 0.417. The second kappa shape index (κ2) is 5.12. The van der Waals surface area contributed by atoms with Gasteiger partial charge < -0.3 is 10.5 Å². The largest absolute Gasteiger partial charge is 0.496 e. The fourth-order valence-electron chi connectivity index (χ4n) is 2.08. The highest BCUT2D eigenvalue weighted by Crippen LogP contribution is 2.37. The summed E-state index contributed by atoms with van der Waals surface area (Å²) in [5.74, 6) is 0.844. The van der Waals surface area contributed by atoms with E-state index < -0.39 is 0 Å². The van der Waals surface area contributed by atoms with Crippen molar-refractivity contribution >= 4 is 15.9 Å². The van der Waals surface area contributed by atoms with Crippen molar-refractivity contribution in [3.05, 3.63) is 33.4 Å². The lowest BCUT2D eigenvalue weighted by Crippen LogP contribution is -1.97. The van der Waals surface area contributed by atoms with Crippen LogP contribution in [0.5, 0.6) is 5.75 Å². The monoisotopic (exact) mass is 309 g/mol. The van der Waals surface area contributed by atoms with Crippen LogP contribution in [0, 0.1) is 13.8 Å². The number of benzene rings is 1. The third kappa shape index (κ3) is 2.15. The maximum Gasteiger partial charge on any atom is 0.131 e. The molecule has 1 aromatic heterocycles. The molecule has 1 heterocycles. The molecule has 96 valence electrons. The Labute approximate surface area is 115 Å². The van der Waals surface area contributed by atoms with E-state index in [1.54, 1.807) is 7.11 Å². The Balaban J connectivity index is 2.66. The number of hydrogen-bond donors (Lipinski definition) is 2. The summed E-state index contributed by atoms with van der Waals surface area (Å²) in [5, 5.41) is 7.25. The average molecular weight is 310 g/mol. The lowest BCUT2D eigenvalue weighted by molar-refractivity contribution is 0.413. The van der Waals surface area contributed by atoms with Crippen LogP contribution in [0.1, 0.15) is 16.8 Å². The summed E-state index contributed by atoms with van der Waals surface area (Å²) in [6, 6.07) is 4.15. The highest BCUT2D eigenvalue weighted by atomic mass is 79.9. The Bertz CT molecular complexity index is 578. The van der Waals surface area contributed by atoms with E-state index in [4.69, 9.17) is 10.5 Å². The molecule has 0 aliphatic rings. The predicted octanol–water partition coefficient (Wildman–Crippen LogP) is 2.92. The molecule has 0 radical (unpaired) electrons. The van der Waals surface area contributed by atoms with Gasteiger partial charge in [0.15, 0.2) is 0 Å². The van der Waals surface area contributed by atoms with Crippen LogP contribution in [0.3, 0.4) is 0 Å². The first-order chi connectivity index (χ1) is 8.58. The second-order valence-electron chi connectivity index (χ2n) is 4.23. The highest BCUT2D eigenvalue weighted by Gasteiger charge is 2.17. The van der Waals surface area contributed by atoms with Gasteiger partial charge in [0.1, 0.15) is 11.4 Å². The first-order valence-corrected chi connectivity index (χ1v) is 6.46. The minimum absolute atomic E-state index is 0.417. The van der Waals surface area contributed by atoms with Crippen LogP contribution in [0.2, 0.25) is 0 Å². The number of halogens is 1. The smallest absolute Gasteiger partial charge is 0.131 e. The number of methoxy groups -OCH3 is 1. The first kappa shape index (κ1) is 13.1. The number of nitrogens with two attached hydrogens (primary N) is 1. The summed E-state index contributed by atoms with van der Waals surface area (Å²) in [6.07, 6.45) is 0. The van der Waals surface area contributed by atoms with Crippen LogP contribution in [0.15, 0.2) is 16.6 Å². The van der Waals surface area contributed by atoms with E-state index in [0.29, 0.717) is 6.54 Å². The van der Waals surface area contributed by atoms with Crippen LogP contribution in [0.4, 0.5) is 0 Å². The Morgan fingerprint density at radius 1 is 1.39 bits per heavy atom. The molecule has 0 unspecified atom stereocenters. The summed E-state index contributed by atoms with van der Waals surface area (Å²) < 4.78 is 6.37. The number of ether oxygens (including phenoxy) is 1. The molecule has 2 aromatic rings. The first-order valence-electron chi connectivity index (χ1n) is 5.67. The van der Waals surface area contributed by atoms with E-state index in [-0.39, 0.29) is 0 Å². The van der Waals surface area contributed by atoms with E-state index >= 15 is 0 Å². The number of aromatic nitrogens is 2. The minimum Gasteiger partial charge on any atom is -0.496 e. The molecule has 0 saturated heterocycles. The summed E-state index contributed by atoms with van der Waals surface area (Å²) in [4.78, 5) is 0.